The number of aryl methyl sites for hydroxylation is 1. The molecule has 0 bridgehead atoms. The van der Waals surface area contributed by atoms with Gasteiger partial charge in [0.1, 0.15) is 11.4 Å². The molecule has 34 heavy (non-hydrogen) atoms. The van der Waals surface area contributed by atoms with Crippen molar-refractivity contribution in [2.45, 2.75) is 19.9 Å². The number of pyridine rings is 1. The Morgan fingerprint density at radius 3 is 2.56 bits per heavy atom. The highest BCUT2D eigenvalue weighted by molar-refractivity contribution is 5.98. The van der Waals surface area contributed by atoms with Gasteiger partial charge in [-0.2, -0.15) is 0 Å². The van der Waals surface area contributed by atoms with Crippen LogP contribution in [-0.4, -0.2) is 27.4 Å². The Bertz CT molecular complexity index is 1300. The predicted octanol–water partition coefficient (Wildman–Crippen LogP) is 4.71. The van der Waals surface area contributed by atoms with E-state index in [1.165, 1.54) is 12.3 Å². The van der Waals surface area contributed by atoms with Crippen LogP contribution in [0.1, 0.15) is 27.0 Å². The van der Waals surface area contributed by atoms with Crippen LogP contribution < -0.4 is 10.6 Å². The molecule has 4 rings (SSSR count). The lowest BCUT2D eigenvalue weighted by Crippen LogP contribution is -2.25. The second kappa shape index (κ2) is 10.6. The second-order valence-electron chi connectivity index (χ2n) is 7.79. The zero-order valence-corrected chi connectivity index (χ0v) is 18.6. The van der Waals surface area contributed by atoms with E-state index in [4.69, 9.17) is 0 Å². The average Bonchev–Trinajstić information content (AvgIpc) is 2.85. The fraction of sp³-hybridized carbons (Fsp3) is 0.154. The summed E-state index contributed by atoms with van der Waals surface area (Å²) in [5.74, 6) is -1.80. The van der Waals surface area contributed by atoms with Gasteiger partial charge in [0.25, 0.3) is 5.91 Å². The third-order valence-electron chi connectivity index (χ3n) is 5.20. The number of nitrogens with zero attached hydrogens (tertiary/aromatic N) is 3. The van der Waals surface area contributed by atoms with Gasteiger partial charge in [0, 0.05) is 37.2 Å². The highest BCUT2D eigenvalue weighted by atomic mass is 19.2. The number of hydrogen-bond acceptors (Lipinski definition) is 5. The first kappa shape index (κ1) is 23.0. The summed E-state index contributed by atoms with van der Waals surface area (Å²) in [4.78, 5) is 25.6. The van der Waals surface area contributed by atoms with Crippen molar-refractivity contribution in [2.24, 2.45) is 0 Å². The minimum atomic E-state index is -0.991. The van der Waals surface area contributed by atoms with Crippen molar-refractivity contribution in [2.75, 3.05) is 11.9 Å². The third-order valence-corrected chi connectivity index (χ3v) is 5.20. The summed E-state index contributed by atoms with van der Waals surface area (Å²) >= 11 is 0. The smallest absolute Gasteiger partial charge is 0.256 e. The maximum absolute atomic E-state index is 13.7. The highest BCUT2D eigenvalue weighted by Crippen LogP contribution is 2.22. The fourth-order valence-corrected chi connectivity index (χ4v) is 3.43. The Labute approximate surface area is 196 Å². The van der Waals surface area contributed by atoms with Gasteiger partial charge in [-0.05, 0) is 54.8 Å². The first-order valence-corrected chi connectivity index (χ1v) is 10.8. The summed E-state index contributed by atoms with van der Waals surface area (Å²) in [5.41, 5.74) is 3.77. The van der Waals surface area contributed by atoms with Gasteiger partial charge in [-0.1, -0.05) is 29.8 Å². The van der Waals surface area contributed by atoms with Crippen LogP contribution in [0.2, 0.25) is 0 Å². The van der Waals surface area contributed by atoms with Gasteiger partial charge in [-0.15, -0.1) is 0 Å². The molecule has 2 heterocycles. The minimum absolute atomic E-state index is 0.183. The monoisotopic (exact) mass is 459 g/mol. The molecule has 0 atom stereocenters. The van der Waals surface area contributed by atoms with Gasteiger partial charge in [0.05, 0.1) is 0 Å². The van der Waals surface area contributed by atoms with Crippen LogP contribution in [0.4, 0.5) is 14.6 Å². The van der Waals surface area contributed by atoms with E-state index in [1.54, 1.807) is 12.4 Å². The standard InChI is InChI=1S/C26H23F2N5O/c1-17-3-2-4-18(13-17)9-12-30-25-21(26(34)32-15-19-7-10-29-11-8-19)16-31-24(33-25)20-5-6-22(27)23(28)14-20/h2-8,10-11,13-14,16H,9,12,15H2,1H3,(H,32,34)(H,30,31,33). The molecule has 0 saturated heterocycles. The van der Waals surface area contributed by atoms with Crippen LogP contribution in [0.15, 0.2) is 73.2 Å². The molecule has 0 fully saturated rings. The molecule has 0 aliphatic carbocycles. The third kappa shape index (κ3) is 5.78. The Balaban J connectivity index is 1.56. The normalized spacial score (nSPS) is 10.7. The molecule has 2 N–H and O–H groups in total. The van der Waals surface area contributed by atoms with Crippen LogP contribution in [-0.2, 0) is 13.0 Å². The summed E-state index contributed by atoms with van der Waals surface area (Å²) in [5, 5.41) is 6.06. The second-order valence-corrected chi connectivity index (χ2v) is 7.79. The number of carbonyl (C=O) groups is 1. The Morgan fingerprint density at radius 1 is 0.971 bits per heavy atom. The fourth-order valence-electron chi connectivity index (χ4n) is 3.43. The number of rotatable bonds is 8. The van der Waals surface area contributed by atoms with Crippen molar-refractivity contribution < 1.29 is 13.6 Å². The lowest BCUT2D eigenvalue weighted by molar-refractivity contribution is 0.0951. The van der Waals surface area contributed by atoms with Crippen LogP contribution in [0, 0.1) is 18.6 Å². The van der Waals surface area contributed by atoms with E-state index < -0.39 is 11.6 Å². The van der Waals surface area contributed by atoms with E-state index in [-0.39, 0.29) is 17.3 Å². The molecule has 1 amide bonds. The largest absolute Gasteiger partial charge is 0.369 e. The van der Waals surface area contributed by atoms with Crippen LogP contribution >= 0.6 is 0 Å². The van der Waals surface area contributed by atoms with E-state index >= 15 is 0 Å². The van der Waals surface area contributed by atoms with E-state index in [9.17, 15) is 13.6 Å². The number of hydrogen-bond donors (Lipinski definition) is 2. The lowest BCUT2D eigenvalue weighted by Gasteiger charge is -2.13. The van der Waals surface area contributed by atoms with Crippen molar-refractivity contribution in [1.82, 2.24) is 20.3 Å². The van der Waals surface area contributed by atoms with Gasteiger partial charge < -0.3 is 10.6 Å². The summed E-state index contributed by atoms with van der Waals surface area (Å²) in [6, 6.07) is 15.2. The SMILES string of the molecule is Cc1cccc(CCNc2nc(-c3ccc(F)c(F)c3)ncc2C(=O)NCc2ccncc2)c1. The Kier molecular flexibility index (Phi) is 7.17. The summed E-state index contributed by atoms with van der Waals surface area (Å²) in [6.07, 6.45) is 5.41. The number of anilines is 1. The number of halogens is 2. The molecule has 0 aliphatic heterocycles. The molecular weight excluding hydrogens is 436 g/mol. The zero-order valence-electron chi connectivity index (χ0n) is 18.6. The average molecular weight is 460 g/mol. The zero-order chi connectivity index (χ0) is 23.9. The van der Waals surface area contributed by atoms with E-state index in [2.05, 4.69) is 31.7 Å². The number of carbonyl (C=O) groups excluding carboxylic acids is 1. The minimum Gasteiger partial charge on any atom is -0.369 e. The van der Waals surface area contributed by atoms with Gasteiger partial charge in [-0.25, -0.2) is 18.7 Å². The van der Waals surface area contributed by atoms with Crippen LogP contribution in [0.25, 0.3) is 11.4 Å². The molecule has 0 radical (unpaired) electrons. The van der Waals surface area contributed by atoms with Gasteiger partial charge in [0.2, 0.25) is 0 Å². The summed E-state index contributed by atoms with van der Waals surface area (Å²) in [7, 11) is 0. The number of aromatic nitrogens is 3. The molecule has 0 unspecified atom stereocenters. The van der Waals surface area contributed by atoms with Crippen molar-refractivity contribution in [1.29, 1.82) is 0 Å². The summed E-state index contributed by atoms with van der Waals surface area (Å²) < 4.78 is 27.1. The first-order valence-electron chi connectivity index (χ1n) is 10.8. The number of amides is 1. The maximum atomic E-state index is 13.7. The molecular formula is C26H23F2N5O. The predicted molar refractivity (Wildman–Crippen MR) is 126 cm³/mol. The van der Waals surface area contributed by atoms with Crippen molar-refractivity contribution in [3.05, 3.63) is 107 Å². The molecule has 2 aromatic heterocycles. The quantitative estimate of drug-likeness (QED) is 0.399. The summed E-state index contributed by atoms with van der Waals surface area (Å²) in [6.45, 7) is 2.86. The van der Waals surface area contributed by atoms with Crippen molar-refractivity contribution >= 4 is 11.7 Å². The lowest BCUT2D eigenvalue weighted by atomic mass is 10.1. The van der Waals surface area contributed by atoms with Crippen LogP contribution in [0.3, 0.4) is 0 Å². The van der Waals surface area contributed by atoms with E-state index in [0.717, 1.165) is 28.8 Å². The molecule has 0 saturated carbocycles. The van der Waals surface area contributed by atoms with Crippen molar-refractivity contribution in [3.63, 3.8) is 0 Å². The van der Waals surface area contributed by atoms with Gasteiger partial charge >= 0.3 is 0 Å². The Morgan fingerprint density at radius 2 is 1.79 bits per heavy atom. The molecule has 6 nitrogen and oxygen atoms in total. The first-order chi connectivity index (χ1) is 16.5. The van der Waals surface area contributed by atoms with Gasteiger partial charge in [-0.3, -0.25) is 9.78 Å². The number of nitrogens with one attached hydrogen (secondary N) is 2. The van der Waals surface area contributed by atoms with Crippen molar-refractivity contribution in [3.8, 4) is 11.4 Å². The molecule has 0 spiro atoms. The number of benzene rings is 2. The van der Waals surface area contributed by atoms with Crippen LogP contribution in [0.5, 0.6) is 0 Å². The highest BCUT2D eigenvalue weighted by Gasteiger charge is 2.16. The molecule has 0 aliphatic rings. The topological polar surface area (TPSA) is 79.8 Å². The van der Waals surface area contributed by atoms with Gasteiger partial charge in [0.15, 0.2) is 17.5 Å². The van der Waals surface area contributed by atoms with E-state index in [0.29, 0.717) is 30.9 Å². The molecule has 4 aromatic rings. The molecule has 172 valence electrons. The van der Waals surface area contributed by atoms with E-state index in [1.807, 2.05) is 37.3 Å². The molecule has 8 heteroatoms. The maximum Gasteiger partial charge on any atom is 0.256 e. The Hall–Kier alpha value is -4.20. The molecule has 2 aromatic carbocycles.